The summed E-state index contributed by atoms with van der Waals surface area (Å²) >= 11 is 0. The van der Waals surface area contributed by atoms with Gasteiger partial charge in [-0.1, -0.05) is 30.3 Å². The largest absolute Gasteiger partial charge is 0.371 e. The number of likely N-dealkylation sites (tertiary alicyclic amines) is 1. The van der Waals surface area contributed by atoms with Crippen LogP contribution >= 0.6 is 0 Å². The van der Waals surface area contributed by atoms with Crippen molar-refractivity contribution in [2.24, 2.45) is 0 Å². The highest BCUT2D eigenvalue weighted by Crippen LogP contribution is 2.23. The monoisotopic (exact) mass is 215 g/mol. The summed E-state index contributed by atoms with van der Waals surface area (Å²) in [6.07, 6.45) is 4.20. The zero-order chi connectivity index (χ0) is 11.4. The van der Waals surface area contributed by atoms with Crippen molar-refractivity contribution in [3.8, 4) is 0 Å². The van der Waals surface area contributed by atoms with E-state index < -0.39 is 0 Å². The molecule has 1 saturated heterocycles. The van der Waals surface area contributed by atoms with Crippen LogP contribution in [-0.2, 0) is 4.79 Å². The third-order valence-corrected chi connectivity index (χ3v) is 2.86. The second-order valence-corrected chi connectivity index (χ2v) is 4.20. The lowest BCUT2D eigenvalue weighted by Crippen LogP contribution is -2.18. The van der Waals surface area contributed by atoms with E-state index in [1.54, 1.807) is 13.0 Å². The van der Waals surface area contributed by atoms with E-state index in [9.17, 15) is 4.79 Å². The molecule has 0 N–H and O–H groups in total. The lowest BCUT2D eigenvalue weighted by molar-refractivity contribution is -0.112. The van der Waals surface area contributed by atoms with E-state index in [0.29, 0.717) is 0 Å². The van der Waals surface area contributed by atoms with Crippen molar-refractivity contribution < 1.29 is 4.79 Å². The van der Waals surface area contributed by atoms with Gasteiger partial charge in [-0.2, -0.15) is 0 Å². The van der Waals surface area contributed by atoms with Gasteiger partial charge in [0.1, 0.15) is 0 Å². The summed E-state index contributed by atoms with van der Waals surface area (Å²) in [6.45, 7) is 3.74. The minimum atomic E-state index is 0.116. The molecule has 0 spiro atoms. The molecule has 84 valence electrons. The van der Waals surface area contributed by atoms with Gasteiger partial charge in [0.05, 0.1) is 0 Å². The van der Waals surface area contributed by atoms with Crippen LogP contribution in [0.25, 0.3) is 5.70 Å². The number of hydrogen-bond acceptors (Lipinski definition) is 2. The van der Waals surface area contributed by atoms with Gasteiger partial charge in [-0.25, -0.2) is 0 Å². The Morgan fingerprint density at radius 2 is 1.81 bits per heavy atom. The molecule has 0 aromatic heterocycles. The molecule has 1 aliphatic heterocycles. The molecule has 2 heteroatoms. The maximum absolute atomic E-state index is 11.3. The molecule has 16 heavy (non-hydrogen) atoms. The Kier molecular flexibility index (Phi) is 3.40. The maximum atomic E-state index is 11.3. The number of nitrogens with zero attached hydrogens (tertiary/aromatic N) is 1. The van der Waals surface area contributed by atoms with Gasteiger partial charge in [-0.15, -0.1) is 0 Å². The zero-order valence-corrected chi connectivity index (χ0v) is 9.65. The van der Waals surface area contributed by atoms with Gasteiger partial charge in [-0.05, 0) is 25.3 Å². The van der Waals surface area contributed by atoms with E-state index in [2.05, 4.69) is 17.0 Å². The van der Waals surface area contributed by atoms with Gasteiger partial charge in [0, 0.05) is 24.9 Å². The molecule has 1 heterocycles. The summed E-state index contributed by atoms with van der Waals surface area (Å²) in [5, 5.41) is 0. The smallest absolute Gasteiger partial charge is 0.154 e. The minimum absolute atomic E-state index is 0.116. The summed E-state index contributed by atoms with van der Waals surface area (Å²) in [6, 6.07) is 10.2. The molecule has 2 nitrogen and oxygen atoms in total. The van der Waals surface area contributed by atoms with Gasteiger partial charge in [0.15, 0.2) is 5.78 Å². The van der Waals surface area contributed by atoms with Crippen LogP contribution in [-0.4, -0.2) is 23.8 Å². The molecule has 0 aliphatic carbocycles. The van der Waals surface area contributed by atoms with Crippen LogP contribution in [0.2, 0.25) is 0 Å². The van der Waals surface area contributed by atoms with Crippen LogP contribution in [0.15, 0.2) is 36.4 Å². The first-order valence-corrected chi connectivity index (χ1v) is 5.80. The number of ketones is 1. The van der Waals surface area contributed by atoms with Crippen LogP contribution in [0.1, 0.15) is 25.3 Å². The van der Waals surface area contributed by atoms with E-state index in [1.807, 2.05) is 18.2 Å². The highest BCUT2D eigenvalue weighted by atomic mass is 16.1. The number of carbonyl (C=O) groups excluding carboxylic acids is 1. The fraction of sp³-hybridized carbons (Fsp3) is 0.357. The van der Waals surface area contributed by atoms with Crippen LogP contribution in [0, 0.1) is 0 Å². The van der Waals surface area contributed by atoms with Gasteiger partial charge in [-0.3, -0.25) is 4.79 Å². The Bertz CT molecular complexity index is 388. The standard InChI is InChI=1S/C14H17NO/c1-12(16)11-14(15-9-5-6-10-15)13-7-3-2-4-8-13/h2-4,7-8,11H,5-6,9-10H2,1H3/b14-11+. The Morgan fingerprint density at radius 1 is 1.19 bits per heavy atom. The topological polar surface area (TPSA) is 20.3 Å². The lowest BCUT2D eigenvalue weighted by Gasteiger charge is -2.21. The molecule has 0 bridgehead atoms. The molecule has 2 rings (SSSR count). The lowest BCUT2D eigenvalue weighted by atomic mass is 10.1. The van der Waals surface area contributed by atoms with Crippen molar-refractivity contribution in [3.63, 3.8) is 0 Å². The molecule has 1 aromatic carbocycles. The predicted octanol–water partition coefficient (Wildman–Crippen LogP) is 2.71. The number of hydrogen-bond donors (Lipinski definition) is 0. The maximum Gasteiger partial charge on any atom is 0.154 e. The van der Waals surface area contributed by atoms with E-state index in [4.69, 9.17) is 0 Å². The summed E-state index contributed by atoms with van der Waals surface area (Å²) in [5.74, 6) is 0.116. The summed E-state index contributed by atoms with van der Waals surface area (Å²) < 4.78 is 0. The molecule has 0 unspecified atom stereocenters. The molecule has 0 atom stereocenters. The van der Waals surface area contributed by atoms with Gasteiger partial charge in [0.25, 0.3) is 0 Å². The normalized spacial score (nSPS) is 16.6. The second-order valence-electron chi connectivity index (χ2n) is 4.20. The van der Waals surface area contributed by atoms with E-state index in [0.717, 1.165) is 24.4 Å². The first-order valence-electron chi connectivity index (χ1n) is 5.80. The van der Waals surface area contributed by atoms with Crippen LogP contribution in [0.3, 0.4) is 0 Å². The van der Waals surface area contributed by atoms with Crippen molar-refractivity contribution in [3.05, 3.63) is 42.0 Å². The first-order chi connectivity index (χ1) is 7.77. The molecule has 1 aliphatic rings. The fourth-order valence-electron chi connectivity index (χ4n) is 2.12. The van der Waals surface area contributed by atoms with Crippen molar-refractivity contribution in [1.29, 1.82) is 0 Å². The third kappa shape index (κ3) is 2.51. The molecule has 1 fully saturated rings. The molecular formula is C14H17NO. The average Bonchev–Trinajstić information content (AvgIpc) is 2.80. The van der Waals surface area contributed by atoms with Gasteiger partial charge < -0.3 is 4.90 Å². The summed E-state index contributed by atoms with van der Waals surface area (Å²) in [4.78, 5) is 13.6. The Labute approximate surface area is 96.6 Å². The van der Waals surface area contributed by atoms with Crippen molar-refractivity contribution in [2.75, 3.05) is 13.1 Å². The summed E-state index contributed by atoms with van der Waals surface area (Å²) in [5.41, 5.74) is 2.21. The summed E-state index contributed by atoms with van der Waals surface area (Å²) in [7, 11) is 0. The quantitative estimate of drug-likeness (QED) is 0.722. The Balaban J connectivity index is 2.31. The number of allylic oxidation sites excluding steroid dienone is 1. The minimum Gasteiger partial charge on any atom is -0.371 e. The van der Waals surface area contributed by atoms with Crippen molar-refractivity contribution in [1.82, 2.24) is 4.90 Å². The molecule has 0 saturated carbocycles. The third-order valence-electron chi connectivity index (χ3n) is 2.86. The van der Waals surface area contributed by atoms with Crippen molar-refractivity contribution >= 4 is 11.5 Å². The van der Waals surface area contributed by atoms with Crippen LogP contribution in [0.4, 0.5) is 0 Å². The molecule has 1 aromatic rings. The van der Waals surface area contributed by atoms with Crippen LogP contribution in [0.5, 0.6) is 0 Å². The van der Waals surface area contributed by atoms with E-state index in [1.165, 1.54) is 12.8 Å². The highest BCUT2D eigenvalue weighted by Gasteiger charge is 2.16. The second kappa shape index (κ2) is 4.97. The molecular weight excluding hydrogens is 198 g/mol. The van der Waals surface area contributed by atoms with Gasteiger partial charge in [0.2, 0.25) is 0 Å². The zero-order valence-electron chi connectivity index (χ0n) is 9.65. The van der Waals surface area contributed by atoms with Crippen molar-refractivity contribution in [2.45, 2.75) is 19.8 Å². The average molecular weight is 215 g/mol. The van der Waals surface area contributed by atoms with E-state index >= 15 is 0 Å². The fourth-order valence-corrected chi connectivity index (χ4v) is 2.12. The predicted molar refractivity (Wildman–Crippen MR) is 65.9 cm³/mol. The Morgan fingerprint density at radius 3 is 2.38 bits per heavy atom. The molecule has 0 radical (unpaired) electrons. The molecule has 0 amide bonds. The first kappa shape index (κ1) is 10.9. The number of benzene rings is 1. The highest BCUT2D eigenvalue weighted by molar-refractivity contribution is 5.94. The van der Waals surface area contributed by atoms with Crippen LogP contribution < -0.4 is 0 Å². The van der Waals surface area contributed by atoms with Gasteiger partial charge >= 0.3 is 0 Å². The number of carbonyl (C=O) groups is 1. The SMILES string of the molecule is CC(=O)/C=C(\c1ccccc1)N1CCCC1. The Hall–Kier alpha value is -1.57. The van der Waals surface area contributed by atoms with E-state index in [-0.39, 0.29) is 5.78 Å². The number of rotatable bonds is 3.